The first-order valence-corrected chi connectivity index (χ1v) is 6.23. The number of fused-ring (bicyclic) bond motifs is 1. The van der Waals surface area contributed by atoms with Crippen LogP contribution in [0, 0.1) is 0 Å². The molecule has 2 aromatic heterocycles. The zero-order valence-electron chi connectivity index (χ0n) is 10.8. The summed E-state index contributed by atoms with van der Waals surface area (Å²) < 4.78 is 1.85. The summed E-state index contributed by atoms with van der Waals surface area (Å²) in [5.74, 6) is -0.229. The average Bonchev–Trinajstić information content (AvgIpc) is 2.97. The normalized spacial score (nSPS) is 10.4. The lowest BCUT2D eigenvalue weighted by Gasteiger charge is -2.08. The number of amides is 1. The first-order valence-electron chi connectivity index (χ1n) is 6.23. The van der Waals surface area contributed by atoms with Gasteiger partial charge in [-0.25, -0.2) is 4.98 Å². The Labute approximate surface area is 116 Å². The monoisotopic (exact) mass is 263 g/mol. The predicted octanol–water partition coefficient (Wildman–Crippen LogP) is 2.99. The summed E-state index contributed by atoms with van der Waals surface area (Å²) in [5.41, 5.74) is 2.61. The van der Waals surface area contributed by atoms with Crippen molar-refractivity contribution >= 4 is 22.8 Å². The van der Waals surface area contributed by atoms with Gasteiger partial charge in [0.05, 0.1) is 5.69 Å². The van der Waals surface area contributed by atoms with Crippen LogP contribution in [0.1, 0.15) is 5.56 Å². The van der Waals surface area contributed by atoms with E-state index in [4.69, 9.17) is 0 Å². The van der Waals surface area contributed by atoms with E-state index in [-0.39, 0.29) is 5.91 Å². The first-order chi connectivity index (χ1) is 9.75. The van der Waals surface area contributed by atoms with Gasteiger partial charge in [-0.15, -0.1) is 0 Å². The van der Waals surface area contributed by atoms with Gasteiger partial charge in [0.2, 0.25) is 0 Å². The number of benzene rings is 1. The molecular weight excluding hydrogens is 250 g/mol. The smallest absolute Gasteiger partial charge is 0.255 e. The summed E-state index contributed by atoms with van der Waals surface area (Å²) in [6.45, 7) is 3.85. The third-order valence-electron chi connectivity index (χ3n) is 3.06. The fourth-order valence-corrected chi connectivity index (χ4v) is 2.01. The van der Waals surface area contributed by atoms with Crippen LogP contribution in [0.25, 0.3) is 11.2 Å². The van der Waals surface area contributed by atoms with E-state index in [9.17, 15) is 4.79 Å². The number of nitrogens with one attached hydrogen (secondary N) is 1. The van der Waals surface area contributed by atoms with Crippen LogP contribution in [0.2, 0.25) is 0 Å². The molecule has 1 N–H and O–H groups in total. The number of carbonyl (C=O) groups is 1. The summed E-state index contributed by atoms with van der Waals surface area (Å²) in [6, 6.07) is 13.1. The minimum Gasteiger partial charge on any atom is -0.319 e. The fraction of sp³-hybridized carbons (Fsp3) is 0. The van der Waals surface area contributed by atoms with Gasteiger partial charge in [-0.05, 0) is 17.7 Å². The average molecular weight is 263 g/mol. The molecule has 0 unspecified atom stereocenters. The standard InChI is InChI=1S/C16H13N3O/c1-12(13-6-3-2-4-7-13)16(20)18-14-8-5-10-19-11-9-17-15(14)19/h2-11H,1H2,(H,18,20). The SMILES string of the molecule is C=C(C(=O)Nc1cccn2ccnc12)c1ccccc1. The molecule has 2 heterocycles. The van der Waals surface area contributed by atoms with E-state index in [1.54, 1.807) is 6.20 Å². The van der Waals surface area contributed by atoms with E-state index in [2.05, 4.69) is 16.9 Å². The fourth-order valence-electron chi connectivity index (χ4n) is 2.01. The third kappa shape index (κ3) is 2.19. The van der Waals surface area contributed by atoms with Crippen molar-refractivity contribution in [2.45, 2.75) is 0 Å². The molecule has 3 aromatic rings. The molecule has 0 aliphatic carbocycles. The topological polar surface area (TPSA) is 46.4 Å². The quantitative estimate of drug-likeness (QED) is 0.738. The van der Waals surface area contributed by atoms with Crippen LogP contribution in [0.5, 0.6) is 0 Å². The van der Waals surface area contributed by atoms with Gasteiger partial charge in [0.15, 0.2) is 5.65 Å². The van der Waals surface area contributed by atoms with E-state index in [1.807, 2.05) is 59.3 Å². The summed E-state index contributed by atoms with van der Waals surface area (Å²) in [6.07, 6.45) is 5.40. The van der Waals surface area contributed by atoms with E-state index >= 15 is 0 Å². The van der Waals surface area contributed by atoms with Gasteiger partial charge >= 0.3 is 0 Å². The molecule has 0 atom stereocenters. The molecule has 0 radical (unpaired) electrons. The van der Waals surface area contributed by atoms with Gasteiger partial charge in [0.25, 0.3) is 5.91 Å². The molecule has 0 aliphatic heterocycles. The highest BCUT2D eigenvalue weighted by molar-refractivity contribution is 6.25. The second-order valence-electron chi connectivity index (χ2n) is 4.38. The number of carbonyl (C=O) groups excluding carboxylic acids is 1. The Kier molecular flexibility index (Phi) is 3.05. The first kappa shape index (κ1) is 12.2. The van der Waals surface area contributed by atoms with Crippen molar-refractivity contribution in [3.8, 4) is 0 Å². The zero-order valence-corrected chi connectivity index (χ0v) is 10.8. The highest BCUT2D eigenvalue weighted by Gasteiger charge is 2.11. The molecule has 0 saturated heterocycles. The Hall–Kier alpha value is -2.88. The van der Waals surface area contributed by atoms with Crippen molar-refractivity contribution in [3.05, 3.63) is 73.2 Å². The van der Waals surface area contributed by atoms with Crippen LogP contribution in [0.15, 0.2) is 67.6 Å². The minimum atomic E-state index is -0.229. The lowest BCUT2D eigenvalue weighted by atomic mass is 10.1. The molecule has 4 heteroatoms. The number of nitrogens with zero attached hydrogens (tertiary/aromatic N) is 2. The predicted molar refractivity (Wildman–Crippen MR) is 79.3 cm³/mol. The Balaban J connectivity index is 1.86. The lowest BCUT2D eigenvalue weighted by Crippen LogP contribution is -2.13. The zero-order chi connectivity index (χ0) is 13.9. The van der Waals surface area contributed by atoms with Crippen LogP contribution in [0.3, 0.4) is 0 Å². The number of rotatable bonds is 3. The number of aromatic nitrogens is 2. The van der Waals surface area contributed by atoms with Gasteiger partial charge < -0.3 is 9.72 Å². The summed E-state index contributed by atoms with van der Waals surface area (Å²) >= 11 is 0. The Morgan fingerprint density at radius 3 is 2.70 bits per heavy atom. The molecule has 0 bridgehead atoms. The molecular formula is C16H13N3O. The molecule has 20 heavy (non-hydrogen) atoms. The molecule has 1 amide bonds. The third-order valence-corrected chi connectivity index (χ3v) is 3.06. The second-order valence-corrected chi connectivity index (χ2v) is 4.38. The molecule has 0 fully saturated rings. The van der Waals surface area contributed by atoms with Gasteiger partial charge in [0.1, 0.15) is 0 Å². The van der Waals surface area contributed by atoms with Crippen LogP contribution >= 0.6 is 0 Å². The number of imidazole rings is 1. The molecule has 0 saturated carbocycles. The highest BCUT2D eigenvalue weighted by atomic mass is 16.1. The number of anilines is 1. The lowest BCUT2D eigenvalue weighted by molar-refractivity contribution is -0.111. The minimum absolute atomic E-state index is 0.229. The van der Waals surface area contributed by atoms with Gasteiger partial charge in [-0.3, -0.25) is 4.79 Å². The molecule has 4 nitrogen and oxygen atoms in total. The van der Waals surface area contributed by atoms with Crippen molar-refractivity contribution in [2.75, 3.05) is 5.32 Å². The van der Waals surface area contributed by atoms with Crippen LogP contribution < -0.4 is 5.32 Å². The molecule has 0 aliphatic rings. The van der Waals surface area contributed by atoms with Gasteiger partial charge in [-0.2, -0.15) is 0 Å². The summed E-state index contributed by atoms with van der Waals surface area (Å²) in [5, 5.41) is 2.85. The molecule has 98 valence electrons. The number of hydrogen-bond donors (Lipinski definition) is 1. The molecule has 3 rings (SSSR count). The van der Waals surface area contributed by atoms with Crippen molar-refractivity contribution in [2.24, 2.45) is 0 Å². The van der Waals surface area contributed by atoms with Gasteiger partial charge in [-0.1, -0.05) is 36.9 Å². The van der Waals surface area contributed by atoms with Gasteiger partial charge in [0, 0.05) is 24.2 Å². The summed E-state index contributed by atoms with van der Waals surface area (Å²) in [4.78, 5) is 16.5. The maximum Gasteiger partial charge on any atom is 0.255 e. The van der Waals surface area contributed by atoms with E-state index < -0.39 is 0 Å². The highest BCUT2D eigenvalue weighted by Crippen LogP contribution is 2.18. The maximum atomic E-state index is 12.2. The van der Waals surface area contributed by atoms with Crippen molar-refractivity contribution in [1.82, 2.24) is 9.38 Å². The van der Waals surface area contributed by atoms with E-state index in [0.29, 0.717) is 16.9 Å². The van der Waals surface area contributed by atoms with E-state index in [0.717, 1.165) is 5.56 Å². The Morgan fingerprint density at radius 2 is 1.90 bits per heavy atom. The van der Waals surface area contributed by atoms with Crippen LogP contribution in [-0.2, 0) is 4.79 Å². The molecule has 0 spiro atoms. The second kappa shape index (κ2) is 5.01. The van der Waals surface area contributed by atoms with Crippen molar-refractivity contribution in [1.29, 1.82) is 0 Å². The van der Waals surface area contributed by atoms with Crippen LogP contribution in [0.4, 0.5) is 5.69 Å². The number of hydrogen-bond acceptors (Lipinski definition) is 2. The number of pyridine rings is 1. The molecule has 1 aromatic carbocycles. The van der Waals surface area contributed by atoms with Crippen molar-refractivity contribution in [3.63, 3.8) is 0 Å². The van der Waals surface area contributed by atoms with Crippen molar-refractivity contribution < 1.29 is 4.79 Å². The van der Waals surface area contributed by atoms with Crippen LogP contribution in [-0.4, -0.2) is 15.3 Å². The maximum absolute atomic E-state index is 12.2. The Bertz CT molecular complexity index is 775. The van der Waals surface area contributed by atoms with E-state index in [1.165, 1.54) is 0 Å². The largest absolute Gasteiger partial charge is 0.319 e. The summed E-state index contributed by atoms with van der Waals surface area (Å²) in [7, 11) is 0. The Morgan fingerprint density at radius 1 is 1.10 bits per heavy atom.